The van der Waals surface area contributed by atoms with Crippen molar-refractivity contribution in [3.63, 3.8) is 0 Å². The van der Waals surface area contributed by atoms with Gasteiger partial charge >= 0.3 is 37.7 Å². The minimum absolute atomic E-state index is 0. The molecular formula is C44H42Li2N4O12S3. The van der Waals surface area contributed by atoms with E-state index in [1.165, 1.54) is 56.7 Å². The van der Waals surface area contributed by atoms with E-state index >= 15 is 0 Å². The molecule has 6 aromatic rings. The Kier molecular flexibility index (Phi) is 14.5. The fourth-order valence-electron chi connectivity index (χ4n) is 8.00. The zero-order valence-electron chi connectivity index (χ0n) is 37.3. The maximum atomic E-state index is 14.6. The minimum Gasteiger partial charge on any atom is -0.744 e. The first-order valence-electron chi connectivity index (χ1n) is 19.2. The molecule has 1 aliphatic carbocycles. The molecule has 5 aromatic carbocycles. The topological polar surface area (TPSA) is 243 Å². The molecule has 7 rings (SSSR count). The fourth-order valence-corrected chi connectivity index (χ4v) is 9.66. The third kappa shape index (κ3) is 10.7. The number of nitrogens with zero attached hydrogens (tertiary/aromatic N) is 2. The Hall–Kier alpha value is -4.93. The van der Waals surface area contributed by atoms with Crippen LogP contribution in [0, 0.1) is 5.41 Å². The molecule has 0 saturated carbocycles. The largest absolute Gasteiger partial charge is 1.00 e. The van der Waals surface area contributed by atoms with Crippen LogP contribution in [0.25, 0.3) is 33.5 Å². The van der Waals surface area contributed by atoms with Gasteiger partial charge in [-0.05, 0) is 65.3 Å². The van der Waals surface area contributed by atoms with Gasteiger partial charge in [-0.25, -0.2) is 35.2 Å². The Morgan fingerprint density at radius 2 is 1.28 bits per heavy atom. The summed E-state index contributed by atoms with van der Waals surface area (Å²) < 4.78 is 120. The molecule has 0 bridgehead atoms. The zero-order valence-corrected chi connectivity index (χ0v) is 39.8. The van der Waals surface area contributed by atoms with Crippen LogP contribution in [0.1, 0.15) is 62.5 Å². The molecule has 0 saturated heterocycles. The van der Waals surface area contributed by atoms with Gasteiger partial charge in [-0.3, -0.25) is 9.52 Å². The maximum absolute atomic E-state index is 14.6. The van der Waals surface area contributed by atoms with Crippen molar-refractivity contribution in [2.45, 2.75) is 56.2 Å². The smallest absolute Gasteiger partial charge is 0.744 e. The number of rotatable bonds is 13. The van der Waals surface area contributed by atoms with Gasteiger partial charge in [0, 0.05) is 39.9 Å². The third-order valence-electron chi connectivity index (χ3n) is 10.3. The molecule has 0 spiro atoms. The Labute approximate surface area is 401 Å². The summed E-state index contributed by atoms with van der Waals surface area (Å²) >= 11 is 0. The van der Waals surface area contributed by atoms with Crippen LogP contribution in [0.15, 0.2) is 94.7 Å². The molecule has 2 N–H and O–H groups in total. The van der Waals surface area contributed by atoms with Gasteiger partial charge in [0.1, 0.15) is 31.5 Å². The first kappa shape index (κ1) is 51.1. The number of sulfonamides is 1. The standard InChI is InChI=1S/C44H44N4O12S3.2Li/c1-43(2,3)23-44(4,5)24-13-18-32(36(19-24)63(55,56)57)60-35-22-31(45-25-14-16-26(17-15-25)62(52,53)54)37-38-39(27-11-9-10-12-28(27)41(37)49)46-42(47-40(35)38)29-20-33(58-6)34(59-7)21-30(29)48-61(8,50)51;;/h9-22,45,48H,23H2,1-8H3,(H,52,53,54)(H,55,56,57);;/q;2*+1/p-2. The summed E-state index contributed by atoms with van der Waals surface area (Å²) in [5.74, 6) is -0.736. The van der Waals surface area contributed by atoms with Crippen molar-refractivity contribution < 1.29 is 91.1 Å². The van der Waals surface area contributed by atoms with Crippen molar-refractivity contribution in [3.05, 3.63) is 102 Å². The van der Waals surface area contributed by atoms with E-state index in [2.05, 4.69) is 10.0 Å². The average Bonchev–Trinajstić information content (AvgIpc) is 3.18. The van der Waals surface area contributed by atoms with E-state index in [-0.39, 0.29) is 122 Å². The van der Waals surface area contributed by atoms with Crippen LogP contribution in [0.4, 0.5) is 17.1 Å². The van der Waals surface area contributed by atoms with Crippen LogP contribution in [0.3, 0.4) is 0 Å². The quantitative estimate of drug-likeness (QED) is 0.124. The monoisotopic (exact) mass is 928 g/mol. The first-order valence-corrected chi connectivity index (χ1v) is 23.9. The molecule has 21 heteroatoms. The van der Waals surface area contributed by atoms with E-state index in [0.717, 1.165) is 18.4 Å². The Balaban J connectivity index is 0.00000397. The van der Waals surface area contributed by atoms with Crippen LogP contribution < -0.4 is 62.0 Å². The van der Waals surface area contributed by atoms with Crippen LogP contribution >= 0.6 is 0 Å². The van der Waals surface area contributed by atoms with Crippen molar-refractivity contribution in [1.82, 2.24) is 9.97 Å². The zero-order chi connectivity index (χ0) is 46.0. The summed E-state index contributed by atoms with van der Waals surface area (Å²) in [6.45, 7) is 10.0. The number of hydrogen-bond acceptors (Lipinski definition) is 15. The van der Waals surface area contributed by atoms with Crippen molar-refractivity contribution in [3.8, 4) is 45.6 Å². The summed E-state index contributed by atoms with van der Waals surface area (Å²) in [5.41, 5.74) is 1.03. The van der Waals surface area contributed by atoms with Crippen LogP contribution in [0.2, 0.25) is 0 Å². The molecule has 0 amide bonds. The summed E-state index contributed by atoms with van der Waals surface area (Å²) in [6.07, 6.45) is 1.59. The molecule has 16 nitrogen and oxygen atoms in total. The molecule has 0 unspecified atom stereocenters. The number of carbonyl (C=O) groups is 1. The van der Waals surface area contributed by atoms with Crippen molar-refractivity contribution >= 4 is 64.0 Å². The van der Waals surface area contributed by atoms with Crippen molar-refractivity contribution in [1.29, 1.82) is 0 Å². The molecule has 0 fully saturated rings. The normalized spacial score (nSPS) is 12.7. The van der Waals surface area contributed by atoms with Crippen molar-refractivity contribution in [2.75, 3.05) is 30.5 Å². The van der Waals surface area contributed by atoms with Gasteiger partial charge in [0.2, 0.25) is 10.0 Å². The molecule has 0 atom stereocenters. The maximum Gasteiger partial charge on any atom is 1.00 e. The fraction of sp³-hybridized carbons (Fsp3) is 0.250. The van der Waals surface area contributed by atoms with E-state index in [1.807, 2.05) is 34.6 Å². The van der Waals surface area contributed by atoms with Crippen molar-refractivity contribution in [2.24, 2.45) is 5.41 Å². The number of anilines is 3. The second-order valence-electron chi connectivity index (χ2n) is 16.9. The van der Waals surface area contributed by atoms with Crippen LogP contribution in [-0.2, 0) is 35.7 Å². The molecule has 65 heavy (non-hydrogen) atoms. The third-order valence-corrected chi connectivity index (χ3v) is 12.6. The van der Waals surface area contributed by atoms with Gasteiger partial charge in [0.25, 0.3) is 0 Å². The average molecular weight is 929 g/mol. The van der Waals surface area contributed by atoms with Crippen LogP contribution in [0.5, 0.6) is 23.0 Å². The predicted molar refractivity (Wildman–Crippen MR) is 235 cm³/mol. The second kappa shape index (κ2) is 18.4. The molecule has 0 aliphatic heterocycles. The van der Waals surface area contributed by atoms with E-state index < -0.39 is 51.2 Å². The van der Waals surface area contributed by atoms with Crippen LogP contribution in [-0.4, -0.2) is 70.6 Å². The summed E-state index contributed by atoms with van der Waals surface area (Å²) in [7, 11) is -11.2. The number of aromatic nitrogens is 2. The Morgan fingerprint density at radius 1 is 0.677 bits per heavy atom. The van der Waals surface area contributed by atoms with Gasteiger partial charge in [0.15, 0.2) is 28.9 Å². The Morgan fingerprint density at radius 3 is 1.85 bits per heavy atom. The first-order chi connectivity index (χ1) is 29.3. The number of ether oxygens (including phenoxy) is 3. The van der Waals surface area contributed by atoms with Gasteiger partial charge < -0.3 is 28.6 Å². The Bertz CT molecular complexity index is 3210. The SMILES string of the molecule is COc1cc(NS(C)(=O)=O)c(-c2nc3c4c(c(Nc5ccc(S(=O)(=O)[O-])cc5)cc(Oc5ccc(C(C)(C)CC(C)(C)C)cc5S(=O)(=O)[O-])c4n2)C(=O)c2ccccc2-3)cc1OC.[Li+].[Li+]. The van der Waals surface area contributed by atoms with Gasteiger partial charge in [0.05, 0.1) is 52.9 Å². The van der Waals surface area contributed by atoms with E-state index in [9.17, 15) is 39.2 Å². The second-order valence-corrected chi connectivity index (χ2v) is 21.3. The number of hydrogen-bond donors (Lipinski definition) is 2. The minimum atomic E-state index is -5.20. The molecule has 1 aliphatic rings. The van der Waals surface area contributed by atoms with E-state index in [0.29, 0.717) is 17.5 Å². The number of methoxy groups -OCH3 is 2. The summed E-state index contributed by atoms with van der Waals surface area (Å²) in [6, 6.07) is 20.0. The van der Waals surface area contributed by atoms with E-state index in [1.54, 1.807) is 30.3 Å². The van der Waals surface area contributed by atoms with Gasteiger partial charge in [-0.1, -0.05) is 65.0 Å². The number of fused-ring (bicyclic) bond motifs is 2. The van der Waals surface area contributed by atoms with Gasteiger partial charge in [-0.2, -0.15) is 0 Å². The van der Waals surface area contributed by atoms with Gasteiger partial charge in [-0.15, -0.1) is 0 Å². The number of carbonyl (C=O) groups excluding carboxylic acids is 1. The molecule has 1 heterocycles. The number of ketones is 1. The summed E-state index contributed by atoms with van der Waals surface area (Å²) in [5, 5.41) is 3.24. The number of benzene rings is 5. The summed E-state index contributed by atoms with van der Waals surface area (Å²) in [4.78, 5) is 23.3. The molecule has 0 radical (unpaired) electrons. The van der Waals surface area contributed by atoms with E-state index in [4.69, 9.17) is 24.2 Å². The predicted octanol–water partition coefficient (Wildman–Crippen LogP) is 1.96. The molecular weight excluding hydrogens is 887 g/mol. The number of nitrogens with one attached hydrogen (secondary N) is 2. The molecule has 330 valence electrons. The molecule has 1 aromatic heterocycles.